The molecule has 2 atom stereocenters. The highest BCUT2D eigenvalue weighted by atomic mass is 16.4. The van der Waals surface area contributed by atoms with Crippen molar-refractivity contribution in [2.45, 2.75) is 18.9 Å². The van der Waals surface area contributed by atoms with Gasteiger partial charge in [-0.25, -0.2) is 0 Å². The van der Waals surface area contributed by atoms with Crippen LogP contribution in [-0.2, 0) is 9.59 Å². The lowest BCUT2D eigenvalue weighted by molar-refractivity contribution is -0.139. The molecule has 0 saturated carbocycles. The molecule has 130 valence electrons. The van der Waals surface area contributed by atoms with E-state index in [1.807, 2.05) is 24.3 Å². The first-order chi connectivity index (χ1) is 11.6. The normalized spacial score (nSPS) is 23.9. The van der Waals surface area contributed by atoms with Crippen molar-refractivity contribution in [2.75, 3.05) is 42.9 Å². The summed E-state index contributed by atoms with van der Waals surface area (Å²) in [6.45, 7) is 4.54. The summed E-state index contributed by atoms with van der Waals surface area (Å²) in [6.07, 6.45) is 0.848. The predicted molar refractivity (Wildman–Crippen MR) is 92.3 cm³/mol. The molecule has 0 bridgehead atoms. The van der Waals surface area contributed by atoms with E-state index in [1.165, 1.54) is 5.69 Å². The van der Waals surface area contributed by atoms with E-state index in [0.29, 0.717) is 19.4 Å². The van der Waals surface area contributed by atoms with Crippen molar-refractivity contribution in [3.8, 4) is 0 Å². The van der Waals surface area contributed by atoms with Crippen LogP contribution in [0.1, 0.15) is 12.8 Å². The van der Waals surface area contributed by atoms with Gasteiger partial charge in [-0.15, -0.1) is 0 Å². The second-order valence-electron chi connectivity index (χ2n) is 6.44. The summed E-state index contributed by atoms with van der Waals surface area (Å²) in [7, 11) is 0. The molecule has 2 aliphatic heterocycles. The number of hydrogen-bond acceptors (Lipinski definition) is 5. The molecule has 3 rings (SSSR count). The van der Waals surface area contributed by atoms with Crippen LogP contribution < -0.4 is 20.9 Å². The van der Waals surface area contributed by atoms with Gasteiger partial charge >= 0.3 is 5.97 Å². The molecule has 7 nitrogen and oxygen atoms in total. The van der Waals surface area contributed by atoms with Crippen molar-refractivity contribution in [2.24, 2.45) is 5.92 Å². The molecule has 0 spiro atoms. The summed E-state index contributed by atoms with van der Waals surface area (Å²) in [6, 6.07) is 7.36. The van der Waals surface area contributed by atoms with Crippen molar-refractivity contribution in [1.29, 1.82) is 0 Å². The molecule has 1 aromatic rings. The van der Waals surface area contributed by atoms with Crippen LogP contribution in [0.15, 0.2) is 24.3 Å². The zero-order chi connectivity index (χ0) is 16.9. The Kier molecular flexibility index (Phi) is 5.32. The molecule has 2 heterocycles. The molecule has 2 aliphatic rings. The molecule has 7 heteroatoms. The van der Waals surface area contributed by atoms with Crippen molar-refractivity contribution in [3.63, 3.8) is 0 Å². The zero-order valence-corrected chi connectivity index (χ0v) is 13.6. The number of amides is 1. The molecule has 1 amide bonds. The third-order valence-corrected chi connectivity index (χ3v) is 4.63. The Bertz CT molecular complexity index is 584. The number of piperazine rings is 1. The van der Waals surface area contributed by atoms with Crippen molar-refractivity contribution < 1.29 is 14.7 Å². The van der Waals surface area contributed by atoms with Gasteiger partial charge < -0.3 is 26.0 Å². The molecular formula is C17H24N4O3. The first-order valence-electron chi connectivity index (χ1n) is 8.43. The maximum Gasteiger partial charge on any atom is 0.320 e. The Morgan fingerprint density at radius 2 is 1.92 bits per heavy atom. The van der Waals surface area contributed by atoms with Gasteiger partial charge in [0, 0.05) is 44.0 Å². The number of nitrogens with zero attached hydrogens (tertiary/aromatic N) is 1. The van der Waals surface area contributed by atoms with Crippen LogP contribution >= 0.6 is 0 Å². The molecule has 24 heavy (non-hydrogen) atoms. The lowest BCUT2D eigenvalue weighted by Crippen LogP contribution is -2.43. The quantitative estimate of drug-likeness (QED) is 0.627. The number of carbonyl (C=O) groups excluding carboxylic acids is 1. The molecule has 2 saturated heterocycles. The van der Waals surface area contributed by atoms with Crippen molar-refractivity contribution in [1.82, 2.24) is 10.6 Å². The monoisotopic (exact) mass is 332 g/mol. The topological polar surface area (TPSA) is 93.7 Å². The predicted octanol–water partition coefficient (Wildman–Crippen LogP) is 0.488. The minimum atomic E-state index is -0.846. The van der Waals surface area contributed by atoms with E-state index in [9.17, 15) is 9.59 Å². The Hall–Kier alpha value is -2.12. The van der Waals surface area contributed by atoms with Gasteiger partial charge in [-0.05, 0) is 43.1 Å². The van der Waals surface area contributed by atoms with E-state index < -0.39 is 12.0 Å². The number of aliphatic carboxylic acids is 1. The standard InChI is InChI=1S/C17H24N4O3/c22-16(10-12-9-15(17(23)24)19-11-12)20-13-1-3-14(4-2-13)21-7-5-18-6-8-21/h1-4,12,15,18-19H,5-11H2,(H,20,22)(H,23,24). The fraction of sp³-hybridized carbons (Fsp3) is 0.529. The maximum absolute atomic E-state index is 12.1. The number of carboxylic acid groups (broad SMARTS) is 1. The first kappa shape index (κ1) is 16.7. The van der Waals surface area contributed by atoms with E-state index in [1.54, 1.807) is 0 Å². The van der Waals surface area contributed by atoms with Crippen LogP contribution in [0.2, 0.25) is 0 Å². The van der Waals surface area contributed by atoms with E-state index in [0.717, 1.165) is 31.9 Å². The van der Waals surface area contributed by atoms with Gasteiger partial charge in [-0.1, -0.05) is 0 Å². The number of carboxylic acids is 1. The highest BCUT2D eigenvalue weighted by Gasteiger charge is 2.30. The Labute approximate surface area is 141 Å². The highest BCUT2D eigenvalue weighted by molar-refractivity contribution is 5.91. The first-order valence-corrected chi connectivity index (χ1v) is 8.43. The molecule has 0 aromatic heterocycles. The summed E-state index contributed by atoms with van der Waals surface area (Å²) in [5.41, 5.74) is 1.94. The van der Waals surface area contributed by atoms with E-state index in [-0.39, 0.29) is 11.8 Å². The summed E-state index contributed by atoms with van der Waals surface area (Å²) >= 11 is 0. The SMILES string of the molecule is O=C(CC1CNC(C(=O)O)C1)Nc1ccc(N2CCNCC2)cc1. The number of nitrogens with one attached hydrogen (secondary N) is 3. The van der Waals surface area contributed by atoms with Gasteiger partial charge in [-0.3, -0.25) is 9.59 Å². The number of carbonyl (C=O) groups is 2. The third-order valence-electron chi connectivity index (χ3n) is 4.63. The minimum Gasteiger partial charge on any atom is -0.480 e. The Morgan fingerprint density at radius 1 is 1.21 bits per heavy atom. The van der Waals surface area contributed by atoms with Gasteiger partial charge in [0.25, 0.3) is 0 Å². The second kappa shape index (κ2) is 7.63. The number of anilines is 2. The average molecular weight is 332 g/mol. The lowest BCUT2D eigenvalue weighted by Gasteiger charge is -2.29. The molecule has 0 aliphatic carbocycles. The molecule has 0 radical (unpaired) electrons. The second-order valence-corrected chi connectivity index (χ2v) is 6.44. The van der Waals surface area contributed by atoms with Crippen molar-refractivity contribution >= 4 is 23.3 Å². The van der Waals surface area contributed by atoms with E-state index >= 15 is 0 Å². The fourth-order valence-corrected chi connectivity index (χ4v) is 3.31. The van der Waals surface area contributed by atoms with Gasteiger partial charge in [0.2, 0.25) is 5.91 Å². The molecular weight excluding hydrogens is 308 g/mol. The van der Waals surface area contributed by atoms with Gasteiger partial charge in [0.15, 0.2) is 0 Å². The number of hydrogen-bond donors (Lipinski definition) is 4. The van der Waals surface area contributed by atoms with Crippen LogP contribution in [-0.4, -0.2) is 55.7 Å². The summed E-state index contributed by atoms with van der Waals surface area (Å²) < 4.78 is 0. The highest BCUT2D eigenvalue weighted by Crippen LogP contribution is 2.21. The zero-order valence-electron chi connectivity index (χ0n) is 13.6. The lowest BCUT2D eigenvalue weighted by atomic mass is 10.0. The van der Waals surface area contributed by atoms with Crippen LogP contribution in [0, 0.1) is 5.92 Å². The van der Waals surface area contributed by atoms with Crippen LogP contribution in [0.5, 0.6) is 0 Å². The summed E-state index contributed by atoms with van der Waals surface area (Å²) in [5, 5.41) is 18.1. The third kappa shape index (κ3) is 4.24. The molecule has 1 aromatic carbocycles. The number of benzene rings is 1. The molecule has 2 unspecified atom stereocenters. The van der Waals surface area contributed by atoms with Gasteiger partial charge in [0.1, 0.15) is 6.04 Å². The summed E-state index contributed by atoms with van der Waals surface area (Å²) in [4.78, 5) is 25.4. The van der Waals surface area contributed by atoms with E-state index in [4.69, 9.17) is 5.11 Å². The van der Waals surface area contributed by atoms with Gasteiger partial charge in [0.05, 0.1) is 0 Å². The number of rotatable bonds is 5. The summed E-state index contributed by atoms with van der Waals surface area (Å²) in [5.74, 6) is -0.838. The largest absolute Gasteiger partial charge is 0.480 e. The minimum absolute atomic E-state index is 0.0669. The van der Waals surface area contributed by atoms with Crippen LogP contribution in [0.25, 0.3) is 0 Å². The molecule has 4 N–H and O–H groups in total. The van der Waals surface area contributed by atoms with Crippen molar-refractivity contribution in [3.05, 3.63) is 24.3 Å². The Morgan fingerprint density at radius 3 is 2.54 bits per heavy atom. The average Bonchev–Trinajstić information content (AvgIpc) is 3.05. The van der Waals surface area contributed by atoms with Crippen LogP contribution in [0.4, 0.5) is 11.4 Å². The van der Waals surface area contributed by atoms with Gasteiger partial charge in [-0.2, -0.15) is 0 Å². The molecule has 2 fully saturated rings. The fourth-order valence-electron chi connectivity index (χ4n) is 3.31. The Balaban J connectivity index is 1.48. The smallest absolute Gasteiger partial charge is 0.320 e. The maximum atomic E-state index is 12.1. The van der Waals surface area contributed by atoms with Crippen LogP contribution in [0.3, 0.4) is 0 Å². The van der Waals surface area contributed by atoms with E-state index in [2.05, 4.69) is 20.9 Å².